The van der Waals surface area contributed by atoms with Crippen molar-refractivity contribution in [1.29, 1.82) is 0 Å². The SMILES string of the molecule is CCCCCC[C@H](NCCC(C)C)c1nc(-c2ccccc2)c[nH]1. The summed E-state index contributed by atoms with van der Waals surface area (Å²) in [5.74, 6) is 1.81. The zero-order valence-electron chi connectivity index (χ0n) is 15.5. The van der Waals surface area contributed by atoms with E-state index < -0.39 is 0 Å². The van der Waals surface area contributed by atoms with Crippen molar-refractivity contribution in [2.45, 2.75) is 65.3 Å². The third kappa shape index (κ3) is 6.12. The Hall–Kier alpha value is -1.61. The molecular weight excluding hydrogens is 294 g/mol. The van der Waals surface area contributed by atoms with Crippen molar-refractivity contribution in [3.8, 4) is 11.3 Å². The van der Waals surface area contributed by atoms with E-state index in [0.29, 0.717) is 6.04 Å². The molecule has 0 amide bonds. The monoisotopic (exact) mass is 327 g/mol. The molecular formula is C21H33N3. The first kappa shape index (κ1) is 18.7. The van der Waals surface area contributed by atoms with E-state index in [-0.39, 0.29) is 0 Å². The predicted octanol–water partition coefficient (Wildman–Crippen LogP) is 5.72. The van der Waals surface area contributed by atoms with Gasteiger partial charge in [-0.1, -0.05) is 76.8 Å². The lowest BCUT2D eigenvalue weighted by atomic mass is 10.1. The number of aromatic amines is 1. The highest BCUT2D eigenvalue weighted by Gasteiger charge is 2.15. The fourth-order valence-electron chi connectivity index (χ4n) is 2.93. The Balaban J connectivity index is 2.00. The van der Waals surface area contributed by atoms with E-state index >= 15 is 0 Å². The van der Waals surface area contributed by atoms with Crippen molar-refractivity contribution in [3.05, 3.63) is 42.4 Å². The Morgan fingerprint density at radius 3 is 2.54 bits per heavy atom. The lowest BCUT2D eigenvalue weighted by molar-refractivity contribution is 0.430. The summed E-state index contributed by atoms with van der Waals surface area (Å²) < 4.78 is 0. The number of hydrogen-bond acceptors (Lipinski definition) is 2. The molecule has 0 aliphatic rings. The van der Waals surface area contributed by atoms with Gasteiger partial charge in [0.2, 0.25) is 0 Å². The number of imidazole rings is 1. The standard InChI is InChI=1S/C21H33N3/c1-4-5-6-10-13-19(22-15-14-17(2)3)21-23-16-20(24-21)18-11-8-7-9-12-18/h7-9,11-12,16-17,19,22H,4-6,10,13-15H2,1-3H3,(H,23,24)/t19-/m0/s1. The van der Waals surface area contributed by atoms with Crippen LogP contribution in [0.2, 0.25) is 0 Å². The number of H-pyrrole nitrogens is 1. The highest BCUT2D eigenvalue weighted by atomic mass is 15.0. The summed E-state index contributed by atoms with van der Waals surface area (Å²) in [5, 5.41) is 3.72. The number of nitrogens with one attached hydrogen (secondary N) is 2. The van der Waals surface area contributed by atoms with Crippen LogP contribution < -0.4 is 5.32 Å². The number of aromatic nitrogens is 2. The van der Waals surface area contributed by atoms with E-state index in [9.17, 15) is 0 Å². The summed E-state index contributed by atoms with van der Waals surface area (Å²) in [7, 11) is 0. The molecule has 0 aliphatic carbocycles. The van der Waals surface area contributed by atoms with E-state index in [2.05, 4.69) is 55.3 Å². The second-order valence-electron chi connectivity index (χ2n) is 7.08. The van der Waals surface area contributed by atoms with Crippen LogP contribution in [-0.2, 0) is 0 Å². The third-order valence-corrected chi connectivity index (χ3v) is 4.46. The molecule has 2 rings (SSSR count). The van der Waals surface area contributed by atoms with Gasteiger partial charge in [0.25, 0.3) is 0 Å². The number of hydrogen-bond donors (Lipinski definition) is 2. The first-order valence-electron chi connectivity index (χ1n) is 9.54. The van der Waals surface area contributed by atoms with E-state index in [1.165, 1.54) is 37.7 Å². The maximum Gasteiger partial charge on any atom is 0.124 e. The highest BCUT2D eigenvalue weighted by Crippen LogP contribution is 2.22. The number of nitrogens with zero attached hydrogens (tertiary/aromatic N) is 1. The molecule has 0 spiro atoms. The van der Waals surface area contributed by atoms with Gasteiger partial charge in [0.1, 0.15) is 5.82 Å². The minimum absolute atomic E-state index is 0.332. The minimum atomic E-state index is 0.332. The Bertz CT molecular complexity index is 559. The molecule has 1 heterocycles. The molecule has 3 heteroatoms. The molecule has 1 atom stereocenters. The van der Waals surface area contributed by atoms with Crippen molar-refractivity contribution in [1.82, 2.24) is 15.3 Å². The van der Waals surface area contributed by atoms with Crippen LogP contribution in [0.1, 0.15) is 71.2 Å². The average Bonchev–Trinajstić information content (AvgIpc) is 3.07. The van der Waals surface area contributed by atoms with Gasteiger partial charge in [-0.15, -0.1) is 0 Å². The average molecular weight is 328 g/mol. The molecule has 0 unspecified atom stereocenters. The van der Waals surface area contributed by atoms with Crippen LogP contribution in [0.15, 0.2) is 36.5 Å². The van der Waals surface area contributed by atoms with Crippen molar-refractivity contribution in [3.63, 3.8) is 0 Å². The molecule has 0 bridgehead atoms. The topological polar surface area (TPSA) is 40.7 Å². The van der Waals surface area contributed by atoms with Gasteiger partial charge in [0.05, 0.1) is 11.7 Å². The maximum atomic E-state index is 4.86. The number of rotatable bonds is 11. The molecule has 24 heavy (non-hydrogen) atoms. The zero-order chi connectivity index (χ0) is 17.2. The largest absolute Gasteiger partial charge is 0.347 e. The van der Waals surface area contributed by atoms with Crippen molar-refractivity contribution >= 4 is 0 Å². The Morgan fingerprint density at radius 2 is 1.83 bits per heavy atom. The van der Waals surface area contributed by atoms with E-state index in [1.807, 2.05) is 12.3 Å². The van der Waals surface area contributed by atoms with Crippen LogP contribution in [0.5, 0.6) is 0 Å². The van der Waals surface area contributed by atoms with Gasteiger partial charge in [-0.2, -0.15) is 0 Å². The first-order valence-corrected chi connectivity index (χ1v) is 9.54. The third-order valence-electron chi connectivity index (χ3n) is 4.46. The quantitative estimate of drug-likeness (QED) is 0.518. The van der Waals surface area contributed by atoms with Gasteiger partial charge < -0.3 is 10.3 Å². The van der Waals surface area contributed by atoms with Gasteiger partial charge >= 0.3 is 0 Å². The fraction of sp³-hybridized carbons (Fsp3) is 0.571. The van der Waals surface area contributed by atoms with E-state index in [0.717, 1.165) is 30.4 Å². The molecule has 3 nitrogen and oxygen atoms in total. The Morgan fingerprint density at radius 1 is 1.04 bits per heavy atom. The molecule has 0 saturated heterocycles. The Labute approximate surface area is 147 Å². The van der Waals surface area contributed by atoms with Crippen molar-refractivity contribution in [2.75, 3.05) is 6.54 Å². The van der Waals surface area contributed by atoms with Crippen LogP contribution in [-0.4, -0.2) is 16.5 Å². The number of unbranched alkanes of at least 4 members (excludes halogenated alkanes) is 3. The first-order chi connectivity index (χ1) is 11.7. The van der Waals surface area contributed by atoms with Crippen LogP contribution in [0.4, 0.5) is 0 Å². The minimum Gasteiger partial charge on any atom is -0.347 e. The molecule has 2 N–H and O–H groups in total. The van der Waals surface area contributed by atoms with Crippen LogP contribution >= 0.6 is 0 Å². The lowest BCUT2D eigenvalue weighted by Crippen LogP contribution is -2.24. The van der Waals surface area contributed by atoms with Gasteiger partial charge in [0.15, 0.2) is 0 Å². The summed E-state index contributed by atoms with van der Waals surface area (Å²) in [6, 6.07) is 10.7. The van der Waals surface area contributed by atoms with E-state index in [4.69, 9.17) is 4.98 Å². The van der Waals surface area contributed by atoms with Gasteiger partial charge in [-0.3, -0.25) is 0 Å². The summed E-state index contributed by atoms with van der Waals surface area (Å²) in [5.41, 5.74) is 2.21. The number of benzene rings is 1. The molecule has 1 aromatic heterocycles. The van der Waals surface area contributed by atoms with Gasteiger partial charge in [-0.25, -0.2) is 4.98 Å². The van der Waals surface area contributed by atoms with Crippen LogP contribution in [0, 0.1) is 5.92 Å². The molecule has 0 saturated carbocycles. The molecule has 0 aliphatic heterocycles. The molecule has 132 valence electrons. The smallest absolute Gasteiger partial charge is 0.124 e. The Kier molecular flexibility index (Phi) is 8.03. The van der Waals surface area contributed by atoms with Crippen molar-refractivity contribution < 1.29 is 0 Å². The summed E-state index contributed by atoms with van der Waals surface area (Å²) in [6.07, 6.45) is 9.57. The normalized spacial score (nSPS) is 12.7. The van der Waals surface area contributed by atoms with Gasteiger partial charge in [-0.05, 0) is 25.3 Å². The van der Waals surface area contributed by atoms with Gasteiger partial charge in [0, 0.05) is 11.8 Å². The lowest BCUT2D eigenvalue weighted by Gasteiger charge is -2.17. The molecule has 1 aromatic carbocycles. The fourth-order valence-corrected chi connectivity index (χ4v) is 2.93. The zero-order valence-corrected chi connectivity index (χ0v) is 15.5. The summed E-state index contributed by atoms with van der Waals surface area (Å²) in [6.45, 7) is 7.87. The second kappa shape index (κ2) is 10.3. The van der Waals surface area contributed by atoms with Crippen LogP contribution in [0.25, 0.3) is 11.3 Å². The summed E-state index contributed by atoms with van der Waals surface area (Å²) in [4.78, 5) is 8.27. The molecule has 0 radical (unpaired) electrons. The molecule has 0 fully saturated rings. The maximum absolute atomic E-state index is 4.86. The summed E-state index contributed by atoms with van der Waals surface area (Å²) >= 11 is 0. The predicted molar refractivity (Wildman–Crippen MR) is 103 cm³/mol. The van der Waals surface area contributed by atoms with Crippen LogP contribution in [0.3, 0.4) is 0 Å². The molecule has 2 aromatic rings. The van der Waals surface area contributed by atoms with E-state index in [1.54, 1.807) is 0 Å². The highest BCUT2D eigenvalue weighted by molar-refractivity contribution is 5.58. The second-order valence-corrected chi connectivity index (χ2v) is 7.08. The van der Waals surface area contributed by atoms with Crippen molar-refractivity contribution in [2.24, 2.45) is 5.92 Å².